The molecule has 0 fully saturated rings. The fourth-order valence-corrected chi connectivity index (χ4v) is 4.19. The van der Waals surface area contributed by atoms with Crippen molar-refractivity contribution in [3.8, 4) is 22.0 Å². The minimum absolute atomic E-state index is 0.112. The first-order valence-corrected chi connectivity index (χ1v) is 10.9. The first kappa shape index (κ1) is 20.0. The number of hydrogen-bond donors (Lipinski definition) is 2. The molecule has 1 aromatic carbocycles. The lowest BCUT2D eigenvalue weighted by atomic mass is 10.1. The van der Waals surface area contributed by atoms with E-state index >= 15 is 0 Å². The van der Waals surface area contributed by atoms with Crippen LogP contribution in [0.3, 0.4) is 0 Å². The van der Waals surface area contributed by atoms with Crippen molar-refractivity contribution >= 4 is 45.3 Å². The number of anilines is 2. The lowest BCUT2D eigenvalue weighted by Gasteiger charge is -2.03. The molecule has 0 bridgehead atoms. The lowest BCUT2D eigenvalue weighted by Crippen LogP contribution is -2.15. The van der Waals surface area contributed by atoms with Crippen LogP contribution in [0.25, 0.3) is 22.0 Å². The van der Waals surface area contributed by atoms with Gasteiger partial charge in [-0.25, -0.2) is 9.97 Å². The molecule has 7 nitrogen and oxygen atoms in total. The number of aromatic nitrogens is 2. The molecular weight excluding hydrogens is 420 g/mol. The Hall–Kier alpha value is -3.30. The van der Waals surface area contributed by atoms with Crippen LogP contribution in [0, 0.1) is 6.92 Å². The average Bonchev–Trinajstić information content (AvgIpc) is 3.44. The van der Waals surface area contributed by atoms with Crippen LogP contribution < -0.4 is 10.6 Å². The molecule has 3 heterocycles. The predicted octanol–water partition coefficient (Wildman–Crippen LogP) is 4.97. The second kappa shape index (κ2) is 8.60. The molecule has 0 spiro atoms. The van der Waals surface area contributed by atoms with E-state index in [2.05, 4.69) is 20.6 Å². The monoisotopic (exact) mass is 438 g/mol. The summed E-state index contributed by atoms with van der Waals surface area (Å²) in [6, 6.07) is 11.2. The van der Waals surface area contributed by atoms with E-state index in [0.717, 1.165) is 21.8 Å². The largest absolute Gasteiger partial charge is 0.440 e. The van der Waals surface area contributed by atoms with Crippen molar-refractivity contribution in [2.75, 3.05) is 10.6 Å². The van der Waals surface area contributed by atoms with Gasteiger partial charge in [0.25, 0.3) is 0 Å². The van der Waals surface area contributed by atoms with Crippen molar-refractivity contribution < 1.29 is 14.0 Å². The first-order valence-electron chi connectivity index (χ1n) is 9.11. The van der Waals surface area contributed by atoms with E-state index in [1.54, 1.807) is 6.92 Å². The van der Waals surface area contributed by atoms with Crippen LogP contribution in [0.1, 0.15) is 18.4 Å². The van der Waals surface area contributed by atoms with E-state index in [0.29, 0.717) is 22.5 Å². The topological polar surface area (TPSA) is 97.1 Å². The third-order valence-electron chi connectivity index (χ3n) is 4.20. The molecule has 0 atom stereocenters. The van der Waals surface area contributed by atoms with Gasteiger partial charge in [-0.1, -0.05) is 18.2 Å². The van der Waals surface area contributed by atoms with Crippen LogP contribution in [0.15, 0.2) is 51.6 Å². The van der Waals surface area contributed by atoms with E-state index in [9.17, 15) is 9.59 Å². The van der Waals surface area contributed by atoms with Crippen molar-refractivity contribution in [1.29, 1.82) is 0 Å². The summed E-state index contributed by atoms with van der Waals surface area (Å²) in [4.78, 5) is 33.4. The summed E-state index contributed by atoms with van der Waals surface area (Å²) >= 11 is 2.89. The number of thiophene rings is 1. The number of aryl methyl sites for hydroxylation is 1. The number of benzene rings is 1. The number of hydrogen-bond acceptors (Lipinski definition) is 7. The van der Waals surface area contributed by atoms with Crippen molar-refractivity contribution in [1.82, 2.24) is 9.97 Å². The van der Waals surface area contributed by atoms with Gasteiger partial charge >= 0.3 is 0 Å². The molecule has 2 amide bonds. The molecule has 30 heavy (non-hydrogen) atoms. The minimum Gasteiger partial charge on any atom is -0.440 e. The summed E-state index contributed by atoms with van der Waals surface area (Å²) in [5.74, 6) is 0.842. The van der Waals surface area contributed by atoms with E-state index in [4.69, 9.17) is 4.42 Å². The summed E-state index contributed by atoms with van der Waals surface area (Å²) in [6.45, 7) is 3.27. The van der Waals surface area contributed by atoms with Gasteiger partial charge in [0.1, 0.15) is 5.76 Å². The van der Waals surface area contributed by atoms with Crippen molar-refractivity contribution in [3.05, 3.63) is 58.6 Å². The molecule has 0 aliphatic carbocycles. The fraction of sp³-hybridized carbons (Fsp3) is 0.143. The SMILES string of the molecule is CC(=O)Nc1ccc(-c2csc(NC(=O)Cc3nc(-c4cccs4)oc3C)n2)cc1. The van der Waals surface area contributed by atoms with Crippen LogP contribution in [-0.2, 0) is 16.0 Å². The Kier molecular flexibility index (Phi) is 5.73. The van der Waals surface area contributed by atoms with E-state index in [1.165, 1.54) is 29.6 Å². The highest BCUT2D eigenvalue weighted by Gasteiger charge is 2.16. The van der Waals surface area contributed by atoms with Crippen LogP contribution in [-0.4, -0.2) is 21.8 Å². The van der Waals surface area contributed by atoms with Gasteiger partial charge in [0.05, 0.1) is 22.7 Å². The molecule has 0 radical (unpaired) electrons. The molecular formula is C21H18N4O3S2. The molecule has 9 heteroatoms. The van der Waals surface area contributed by atoms with Crippen LogP contribution in [0.2, 0.25) is 0 Å². The summed E-state index contributed by atoms with van der Waals surface area (Å²) in [7, 11) is 0. The van der Waals surface area contributed by atoms with Gasteiger partial charge < -0.3 is 15.1 Å². The van der Waals surface area contributed by atoms with Crippen LogP contribution in [0.5, 0.6) is 0 Å². The van der Waals surface area contributed by atoms with Gasteiger partial charge in [-0.05, 0) is 30.5 Å². The molecule has 0 aliphatic heterocycles. The molecule has 3 aromatic heterocycles. The number of carbonyl (C=O) groups excluding carboxylic acids is 2. The van der Waals surface area contributed by atoms with E-state index in [1.807, 2.05) is 47.2 Å². The maximum Gasteiger partial charge on any atom is 0.236 e. The van der Waals surface area contributed by atoms with Gasteiger partial charge in [-0.15, -0.1) is 22.7 Å². The van der Waals surface area contributed by atoms with Gasteiger partial charge in [-0.3, -0.25) is 9.59 Å². The normalized spacial score (nSPS) is 10.7. The van der Waals surface area contributed by atoms with Gasteiger partial charge in [-0.2, -0.15) is 0 Å². The third-order valence-corrected chi connectivity index (χ3v) is 5.82. The highest BCUT2D eigenvalue weighted by molar-refractivity contribution is 7.14. The van der Waals surface area contributed by atoms with Gasteiger partial charge in [0.2, 0.25) is 17.7 Å². The van der Waals surface area contributed by atoms with Crippen molar-refractivity contribution in [3.63, 3.8) is 0 Å². The van der Waals surface area contributed by atoms with Crippen molar-refractivity contribution in [2.24, 2.45) is 0 Å². The number of amides is 2. The number of rotatable bonds is 6. The molecule has 2 N–H and O–H groups in total. The van der Waals surface area contributed by atoms with Crippen LogP contribution >= 0.6 is 22.7 Å². The number of nitrogens with zero attached hydrogens (tertiary/aromatic N) is 2. The Balaban J connectivity index is 1.40. The molecule has 0 saturated carbocycles. The lowest BCUT2D eigenvalue weighted by molar-refractivity contribution is -0.116. The van der Waals surface area contributed by atoms with Gasteiger partial charge in [0, 0.05) is 23.6 Å². The predicted molar refractivity (Wildman–Crippen MR) is 119 cm³/mol. The van der Waals surface area contributed by atoms with E-state index in [-0.39, 0.29) is 18.2 Å². The Labute approximate surface area is 180 Å². The summed E-state index contributed by atoms with van der Waals surface area (Å²) < 4.78 is 5.69. The molecule has 4 aromatic rings. The summed E-state index contributed by atoms with van der Waals surface area (Å²) in [5, 5.41) is 9.89. The quantitative estimate of drug-likeness (QED) is 0.443. The zero-order chi connectivity index (χ0) is 21.1. The summed E-state index contributed by atoms with van der Waals surface area (Å²) in [6.07, 6.45) is 0.112. The van der Waals surface area contributed by atoms with Crippen molar-refractivity contribution in [2.45, 2.75) is 20.3 Å². The zero-order valence-corrected chi connectivity index (χ0v) is 17.9. The highest BCUT2D eigenvalue weighted by Crippen LogP contribution is 2.28. The number of oxazole rings is 1. The smallest absolute Gasteiger partial charge is 0.236 e. The second-order valence-corrected chi connectivity index (χ2v) is 8.33. The molecule has 0 aliphatic rings. The summed E-state index contributed by atoms with van der Waals surface area (Å²) in [5.41, 5.74) is 2.98. The number of thiazole rings is 1. The molecule has 4 rings (SSSR count). The third kappa shape index (κ3) is 4.64. The number of carbonyl (C=O) groups is 2. The highest BCUT2D eigenvalue weighted by atomic mass is 32.1. The minimum atomic E-state index is -0.203. The molecule has 0 saturated heterocycles. The average molecular weight is 439 g/mol. The van der Waals surface area contributed by atoms with Crippen LogP contribution in [0.4, 0.5) is 10.8 Å². The van der Waals surface area contributed by atoms with E-state index < -0.39 is 0 Å². The standard InChI is InChI=1S/C21H18N4O3S2/c1-12-16(23-20(28-12)18-4-3-9-29-18)10-19(27)25-21-24-17(11-30-21)14-5-7-15(8-6-14)22-13(2)26/h3-9,11H,10H2,1-2H3,(H,22,26)(H,24,25,27). The maximum absolute atomic E-state index is 12.5. The number of nitrogens with one attached hydrogen (secondary N) is 2. The fourth-order valence-electron chi connectivity index (χ4n) is 2.80. The molecule has 152 valence electrons. The Morgan fingerprint density at radius 3 is 2.57 bits per heavy atom. The Bertz CT molecular complexity index is 1180. The maximum atomic E-state index is 12.5. The Morgan fingerprint density at radius 1 is 1.07 bits per heavy atom. The first-order chi connectivity index (χ1) is 14.5. The molecule has 0 unspecified atom stereocenters. The second-order valence-electron chi connectivity index (χ2n) is 6.52. The zero-order valence-electron chi connectivity index (χ0n) is 16.3. The van der Waals surface area contributed by atoms with Gasteiger partial charge in [0.15, 0.2) is 5.13 Å². The Morgan fingerprint density at radius 2 is 1.87 bits per heavy atom.